The van der Waals surface area contributed by atoms with E-state index in [1.54, 1.807) is 0 Å². The maximum Gasteiger partial charge on any atom is 0.269 e. The quantitative estimate of drug-likeness (QED) is 0.161. The van der Waals surface area contributed by atoms with Crippen LogP contribution in [0.25, 0.3) is 55.9 Å². The van der Waals surface area contributed by atoms with Crippen LogP contribution >= 0.6 is 0 Å². The van der Waals surface area contributed by atoms with E-state index < -0.39 is 0 Å². The van der Waals surface area contributed by atoms with E-state index >= 15 is 0 Å². The molecule has 0 saturated carbocycles. The van der Waals surface area contributed by atoms with Crippen molar-refractivity contribution >= 4 is 22.1 Å². The number of hydrogen-bond donors (Lipinski definition) is 0. The largest absolute Gasteiger partial charge is 0.292 e. The van der Waals surface area contributed by atoms with Gasteiger partial charge in [0.2, 0.25) is 0 Å². The molecule has 0 radical (unpaired) electrons. The highest BCUT2D eigenvalue weighted by Crippen LogP contribution is 2.27. The molecule has 0 spiro atoms. The molecule has 4 nitrogen and oxygen atoms in total. The summed E-state index contributed by atoms with van der Waals surface area (Å²) in [6.07, 6.45) is 7.20. The van der Waals surface area contributed by atoms with Crippen molar-refractivity contribution in [3.8, 4) is 33.9 Å². The standard InChI is InChI=1S/C38H26N4/c1-3-15-31(16-4-1)39-27-41(37-23-9-7-21-35(37)39)33-19-11-13-29(25-33)30-14-12-20-34(26-30)42-28-40(32-17-5-2-6-18-32)36-22-8-10-24-38(36)42/h1-26H. The lowest BCUT2D eigenvalue weighted by atomic mass is 10.0. The highest BCUT2D eigenvalue weighted by atomic mass is 15.1. The monoisotopic (exact) mass is 538 g/mol. The zero-order valence-electron chi connectivity index (χ0n) is 22.8. The van der Waals surface area contributed by atoms with Crippen LogP contribution in [-0.2, 0) is 0 Å². The maximum absolute atomic E-state index is 3.60. The average molecular weight is 539 g/mol. The lowest BCUT2D eigenvalue weighted by Gasteiger charge is -2.10. The molecule has 0 aliphatic heterocycles. The number of nitrogens with zero attached hydrogens (tertiary/aromatic N) is 4. The van der Waals surface area contributed by atoms with Crippen molar-refractivity contribution in [3.05, 3.63) is 170 Å². The van der Waals surface area contributed by atoms with E-state index in [0.29, 0.717) is 0 Å². The van der Waals surface area contributed by atoms with Gasteiger partial charge < -0.3 is 0 Å². The van der Waals surface area contributed by atoms with Gasteiger partial charge in [-0.3, -0.25) is 18.3 Å². The molecule has 8 rings (SSSR count). The first-order chi connectivity index (χ1) is 20.8. The van der Waals surface area contributed by atoms with Gasteiger partial charge in [-0.15, -0.1) is 0 Å². The van der Waals surface area contributed by atoms with Gasteiger partial charge in [-0.05, 0) is 59.7 Å². The fourth-order valence-electron chi connectivity index (χ4n) is 5.69. The Kier molecular flexibility index (Phi) is 5.75. The lowest BCUT2D eigenvalue weighted by molar-refractivity contribution is -0.572. The van der Waals surface area contributed by atoms with Crippen LogP contribution in [0.5, 0.6) is 0 Å². The number of fused-ring (bicyclic) bond motifs is 2. The van der Waals surface area contributed by atoms with Gasteiger partial charge in [0.25, 0.3) is 12.7 Å². The molecule has 0 unspecified atom stereocenters. The van der Waals surface area contributed by atoms with Crippen LogP contribution in [0.15, 0.2) is 158 Å². The number of rotatable bonds is 5. The van der Waals surface area contributed by atoms with Gasteiger partial charge in [0, 0.05) is 0 Å². The summed E-state index contributed by atoms with van der Waals surface area (Å²) >= 11 is 0. The number of imidazole rings is 2. The molecule has 42 heavy (non-hydrogen) atoms. The summed E-state index contributed by atoms with van der Waals surface area (Å²) in [5, 5.41) is 0. The van der Waals surface area contributed by atoms with Gasteiger partial charge in [-0.25, -0.2) is 0 Å². The second-order valence-corrected chi connectivity index (χ2v) is 10.3. The Balaban J connectivity index is 1.23. The zero-order valence-corrected chi connectivity index (χ0v) is 22.8. The van der Waals surface area contributed by atoms with Crippen LogP contribution in [0.4, 0.5) is 0 Å². The summed E-state index contributed by atoms with van der Waals surface area (Å²) in [7, 11) is 0. The van der Waals surface area contributed by atoms with Crippen molar-refractivity contribution in [2.75, 3.05) is 0 Å². The van der Waals surface area contributed by atoms with Crippen LogP contribution in [0.1, 0.15) is 0 Å². The second-order valence-electron chi connectivity index (χ2n) is 10.3. The minimum absolute atomic E-state index is 1.06. The molecular formula is C38H26N4. The summed E-state index contributed by atoms with van der Waals surface area (Å²) in [5.41, 5.74) is 11.0. The summed E-state index contributed by atoms with van der Waals surface area (Å²) in [6, 6.07) is 55.0. The second kappa shape index (κ2) is 10.0. The number of benzene rings is 6. The highest BCUT2D eigenvalue weighted by molar-refractivity contribution is 5.77. The molecule has 0 aliphatic carbocycles. The van der Waals surface area contributed by atoms with Crippen molar-refractivity contribution in [2.24, 2.45) is 0 Å². The summed E-state index contributed by atoms with van der Waals surface area (Å²) in [5.74, 6) is 0. The first kappa shape index (κ1) is 24.1. The number of hydrogen-bond acceptors (Lipinski definition) is 0. The predicted molar refractivity (Wildman–Crippen MR) is 166 cm³/mol. The Morgan fingerprint density at radius 2 is 0.786 bits per heavy atom. The molecular weight excluding hydrogens is 512 g/mol. The first-order valence-corrected chi connectivity index (χ1v) is 14.1. The van der Waals surface area contributed by atoms with Crippen molar-refractivity contribution in [2.45, 2.75) is 0 Å². The molecule has 2 aromatic heterocycles. The molecule has 0 fully saturated rings. The van der Waals surface area contributed by atoms with Crippen LogP contribution in [-0.4, -0.2) is 9.13 Å². The van der Waals surface area contributed by atoms with Gasteiger partial charge in [-0.2, -0.15) is 0 Å². The van der Waals surface area contributed by atoms with Crippen LogP contribution in [0.3, 0.4) is 0 Å². The molecule has 8 aromatic rings. The van der Waals surface area contributed by atoms with E-state index in [9.17, 15) is 0 Å². The van der Waals surface area contributed by atoms with Crippen LogP contribution in [0.2, 0.25) is 0 Å². The average Bonchev–Trinajstić information content (AvgIpc) is 3.66. The Hall–Kier alpha value is -5.74. The molecule has 0 aliphatic rings. The van der Waals surface area contributed by atoms with Crippen molar-refractivity contribution in [1.82, 2.24) is 9.13 Å². The minimum Gasteiger partial charge on any atom is -0.292 e. The normalized spacial score (nSPS) is 11.3. The molecule has 198 valence electrons. The van der Waals surface area contributed by atoms with E-state index in [-0.39, 0.29) is 0 Å². The van der Waals surface area contributed by atoms with Gasteiger partial charge in [-0.1, -0.05) is 109 Å². The smallest absolute Gasteiger partial charge is 0.269 e. The van der Waals surface area contributed by atoms with E-state index in [0.717, 1.165) is 55.9 Å². The third-order valence-electron chi connectivity index (χ3n) is 7.70. The lowest BCUT2D eigenvalue weighted by Crippen LogP contribution is -2.29. The van der Waals surface area contributed by atoms with E-state index in [1.165, 1.54) is 0 Å². The molecule has 0 atom stereocenters. The first-order valence-electron chi connectivity index (χ1n) is 14.1. The highest BCUT2D eigenvalue weighted by Gasteiger charge is 2.14. The Morgan fingerprint density at radius 3 is 1.24 bits per heavy atom. The maximum atomic E-state index is 3.60. The third kappa shape index (κ3) is 4.09. The minimum atomic E-state index is 1.06. The van der Waals surface area contributed by atoms with Gasteiger partial charge >= 0.3 is 0 Å². The molecule has 0 amide bonds. The molecule has 0 bridgehead atoms. The van der Waals surface area contributed by atoms with E-state index in [2.05, 4.69) is 177 Å². The number of aromatic nitrogens is 4. The fourth-order valence-corrected chi connectivity index (χ4v) is 5.69. The molecule has 4 heteroatoms. The van der Waals surface area contributed by atoms with Crippen molar-refractivity contribution in [3.63, 3.8) is 0 Å². The predicted octanol–water partition coefficient (Wildman–Crippen LogP) is 7.40. The van der Waals surface area contributed by atoms with Gasteiger partial charge in [0.1, 0.15) is 0 Å². The van der Waals surface area contributed by atoms with Crippen LogP contribution < -0.4 is 9.13 Å². The molecule has 0 saturated heterocycles. The van der Waals surface area contributed by atoms with E-state index in [4.69, 9.17) is 0 Å². The summed E-state index contributed by atoms with van der Waals surface area (Å²) < 4.78 is 8.53. The SMILES string of the molecule is [c-]1n(-c2cccc(-c3cccc(-n4[c-][n+](-c5ccccc5)c5ccccc54)c3)c2)c2ccccc2[n+]1-c1ccccc1. The van der Waals surface area contributed by atoms with Gasteiger partial charge in [0.05, 0.1) is 44.8 Å². The molecule has 0 N–H and O–H groups in total. The van der Waals surface area contributed by atoms with Crippen LogP contribution in [0, 0.1) is 12.7 Å². The molecule has 2 heterocycles. The summed E-state index contributed by atoms with van der Waals surface area (Å²) in [4.78, 5) is 0. The summed E-state index contributed by atoms with van der Waals surface area (Å²) in [6.45, 7) is 0. The third-order valence-corrected chi connectivity index (χ3v) is 7.70. The topological polar surface area (TPSA) is 17.6 Å². The Labute approximate surface area is 244 Å². The van der Waals surface area contributed by atoms with Crippen molar-refractivity contribution < 1.29 is 9.13 Å². The van der Waals surface area contributed by atoms with Crippen molar-refractivity contribution in [1.29, 1.82) is 0 Å². The Bertz CT molecular complexity index is 2030. The zero-order chi connectivity index (χ0) is 27.9. The fraction of sp³-hybridized carbons (Fsp3) is 0. The Morgan fingerprint density at radius 1 is 0.381 bits per heavy atom. The van der Waals surface area contributed by atoms with E-state index in [1.807, 2.05) is 12.1 Å². The number of para-hydroxylation sites is 6. The van der Waals surface area contributed by atoms with Gasteiger partial charge in [0.15, 0.2) is 0 Å². The molecule has 6 aromatic carbocycles.